The molecule has 2 rings (SSSR count). The Morgan fingerprint density at radius 1 is 0.964 bits per heavy atom. The van der Waals surface area contributed by atoms with Gasteiger partial charge in [0.25, 0.3) is 0 Å². The SMILES string of the molecule is CC(=O)Nc1ccc(SC(C)C(=O)NCC(=O)Nc2c(C)cccc2C)cc1. The molecule has 0 saturated heterocycles. The predicted octanol–water partition coefficient (Wildman–Crippen LogP) is 3.50. The normalized spacial score (nSPS) is 11.4. The van der Waals surface area contributed by atoms with Crippen LogP contribution in [0.15, 0.2) is 47.4 Å². The van der Waals surface area contributed by atoms with Crippen LogP contribution in [0.2, 0.25) is 0 Å². The molecule has 2 aromatic rings. The van der Waals surface area contributed by atoms with Crippen LogP contribution >= 0.6 is 11.8 Å². The van der Waals surface area contributed by atoms with Crippen LogP contribution in [0.1, 0.15) is 25.0 Å². The lowest BCUT2D eigenvalue weighted by Gasteiger charge is -2.14. The summed E-state index contributed by atoms with van der Waals surface area (Å²) in [6.07, 6.45) is 0. The molecule has 6 nitrogen and oxygen atoms in total. The van der Waals surface area contributed by atoms with Crippen molar-refractivity contribution in [3.05, 3.63) is 53.6 Å². The number of carbonyl (C=O) groups excluding carboxylic acids is 3. The standard InChI is InChI=1S/C21H25N3O3S/c1-13-6-5-7-14(2)20(13)24-19(26)12-22-21(27)15(3)28-18-10-8-17(9-11-18)23-16(4)25/h5-11,15H,12H2,1-4H3,(H,22,27)(H,23,25)(H,24,26). The Hall–Kier alpha value is -2.80. The molecule has 7 heteroatoms. The number of carbonyl (C=O) groups is 3. The topological polar surface area (TPSA) is 87.3 Å². The highest BCUT2D eigenvalue weighted by Gasteiger charge is 2.16. The van der Waals surface area contributed by atoms with Crippen molar-refractivity contribution in [1.29, 1.82) is 0 Å². The number of rotatable bonds is 7. The van der Waals surface area contributed by atoms with Crippen LogP contribution in [0, 0.1) is 13.8 Å². The number of nitrogens with one attached hydrogen (secondary N) is 3. The van der Waals surface area contributed by atoms with Gasteiger partial charge in [-0.3, -0.25) is 14.4 Å². The van der Waals surface area contributed by atoms with E-state index >= 15 is 0 Å². The van der Waals surface area contributed by atoms with E-state index in [4.69, 9.17) is 0 Å². The van der Waals surface area contributed by atoms with Crippen LogP contribution in [0.4, 0.5) is 11.4 Å². The number of para-hydroxylation sites is 1. The minimum Gasteiger partial charge on any atom is -0.346 e. The molecule has 3 amide bonds. The van der Waals surface area contributed by atoms with Gasteiger partial charge in [-0.05, 0) is 56.2 Å². The fourth-order valence-electron chi connectivity index (χ4n) is 2.58. The zero-order chi connectivity index (χ0) is 20.7. The lowest BCUT2D eigenvalue weighted by atomic mass is 10.1. The molecule has 0 bridgehead atoms. The molecular formula is C21H25N3O3S. The van der Waals surface area contributed by atoms with Crippen LogP contribution < -0.4 is 16.0 Å². The van der Waals surface area contributed by atoms with Crippen molar-refractivity contribution in [3.8, 4) is 0 Å². The Morgan fingerprint density at radius 3 is 2.14 bits per heavy atom. The first-order chi connectivity index (χ1) is 13.3. The highest BCUT2D eigenvalue weighted by Crippen LogP contribution is 2.25. The average molecular weight is 400 g/mol. The van der Waals surface area contributed by atoms with Gasteiger partial charge in [-0.15, -0.1) is 11.8 Å². The molecule has 3 N–H and O–H groups in total. The molecule has 0 aliphatic heterocycles. The lowest BCUT2D eigenvalue weighted by molar-refractivity contribution is -0.123. The monoisotopic (exact) mass is 399 g/mol. The third-order valence-electron chi connectivity index (χ3n) is 4.03. The van der Waals surface area contributed by atoms with Crippen LogP contribution in [0.3, 0.4) is 0 Å². The maximum Gasteiger partial charge on any atom is 0.243 e. The first kappa shape index (κ1) is 21.5. The molecule has 0 spiro atoms. The second kappa shape index (κ2) is 9.94. The van der Waals surface area contributed by atoms with E-state index in [0.717, 1.165) is 21.7 Å². The number of thioether (sulfide) groups is 1. The zero-order valence-corrected chi connectivity index (χ0v) is 17.3. The zero-order valence-electron chi connectivity index (χ0n) is 16.5. The summed E-state index contributed by atoms with van der Waals surface area (Å²) in [5.74, 6) is -0.609. The number of benzene rings is 2. The van der Waals surface area contributed by atoms with Crippen molar-refractivity contribution in [1.82, 2.24) is 5.32 Å². The fourth-order valence-corrected chi connectivity index (χ4v) is 3.48. The maximum atomic E-state index is 12.3. The van der Waals surface area contributed by atoms with E-state index in [1.807, 2.05) is 44.2 Å². The van der Waals surface area contributed by atoms with Crippen LogP contribution in [0.5, 0.6) is 0 Å². The fraction of sp³-hybridized carbons (Fsp3) is 0.286. The summed E-state index contributed by atoms with van der Waals surface area (Å²) in [6, 6.07) is 13.0. The lowest BCUT2D eigenvalue weighted by Crippen LogP contribution is -2.37. The van der Waals surface area contributed by atoms with E-state index in [9.17, 15) is 14.4 Å². The molecule has 1 atom stereocenters. The first-order valence-electron chi connectivity index (χ1n) is 8.94. The smallest absolute Gasteiger partial charge is 0.243 e. The second-order valence-corrected chi connectivity index (χ2v) is 7.91. The summed E-state index contributed by atoms with van der Waals surface area (Å²) in [6.45, 7) is 7.00. The minimum absolute atomic E-state index is 0.0843. The number of hydrogen-bond donors (Lipinski definition) is 3. The van der Waals surface area contributed by atoms with E-state index in [0.29, 0.717) is 5.69 Å². The van der Waals surface area contributed by atoms with Crippen molar-refractivity contribution >= 4 is 40.9 Å². The van der Waals surface area contributed by atoms with Crippen LogP contribution in [0.25, 0.3) is 0 Å². The van der Waals surface area contributed by atoms with Gasteiger partial charge >= 0.3 is 0 Å². The number of aryl methyl sites for hydroxylation is 2. The van der Waals surface area contributed by atoms with Gasteiger partial charge in [-0.2, -0.15) is 0 Å². The van der Waals surface area contributed by atoms with Crippen molar-refractivity contribution in [2.75, 3.05) is 17.2 Å². The van der Waals surface area contributed by atoms with Crippen molar-refractivity contribution in [3.63, 3.8) is 0 Å². The van der Waals surface area contributed by atoms with Gasteiger partial charge in [0.2, 0.25) is 17.7 Å². The molecule has 28 heavy (non-hydrogen) atoms. The van der Waals surface area contributed by atoms with Crippen LogP contribution in [-0.4, -0.2) is 29.5 Å². The molecule has 0 radical (unpaired) electrons. The number of amides is 3. The predicted molar refractivity (Wildman–Crippen MR) is 114 cm³/mol. The third kappa shape index (κ3) is 6.42. The van der Waals surface area contributed by atoms with Crippen molar-refractivity contribution in [2.45, 2.75) is 37.8 Å². The van der Waals surface area contributed by atoms with Gasteiger partial charge in [0.1, 0.15) is 0 Å². The average Bonchev–Trinajstić information content (AvgIpc) is 2.64. The van der Waals surface area contributed by atoms with Crippen molar-refractivity contribution < 1.29 is 14.4 Å². The molecule has 0 aliphatic carbocycles. The van der Waals surface area contributed by atoms with Gasteiger partial charge in [-0.25, -0.2) is 0 Å². The second-order valence-electron chi connectivity index (χ2n) is 6.50. The van der Waals surface area contributed by atoms with Gasteiger partial charge in [0.05, 0.1) is 11.8 Å². The van der Waals surface area contributed by atoms with Gasteiger partial charge in [-0.1, -0.05) is 18.2 Å². The number of anilines is 2. The molecule has 0 heterocycles. The summed E-state index contributed by atoms with van der Waals surface area (Å²) >= 11 is 1.38. The third-order valence-corrected chi connectivity index (χ3v) is 5.14. The highest BCUT2D eigenvalue weighted by atomic mass is 32.2. The quantitative estimate of drug-likeness (QED) is 0.622. The molecule has 2 aromatic carbocycles. The van der Waals surface area contributed by atoms with E-state index in [1.54, 1.807) is 19.1 Å². The minimum atomic E-state index is -0.361. The van der Waals surface area contributed by atoms with Gasteiger partial charge in [0.15, 0.2) is 0 Å². The Kier molecular flexibility index (Phi) is 7.63. The summed E-state index contributed by atoms with van der Waals surface area (Å²) in [4.78, 5) is 36.4. The van der Waals surface area contributed by atoms with Crippen LogP contribution in [-0.2, 0) is 14.4 Å². The van der Waals surface area contributed by atoms with E-state index in [2.05, 4.69) is 16.0 Å². The number of hydrogen-bond acceptors (Lipinski definition) is 4. The molecule has 0 aliphatic rings. The molecule has 148 valence electrons. The van der Waals surface area contributed by atoms with Gasteiger partial charge < -0.3 is 16.0 Å². The Bertz CT molecular complexity index is 845. The first-order valence-corrected chi connectivity index (χ1v) is 9.82. The Morgan fingerprint density at radius 2 is 1.57 bits per heavy atom. The Balaban J connectivity index is 1.83. The largest absolute Gasteiger partial charge is 0.346 e. The molecule has 0 aromatic heterocycles. The van der Waals surface area contributed by atoms with Crippen molar-refractivity contribution in [2.24, 2.45) is 0 Å². The maximum absolute atomic E-state index is 12.3. The highest BCUT2D eigenvalue weighted by molar-refractivity contribution is 8.00. The Labute approximate surface area is 169 Å². The molecule has 0 fully saturated rings. The molecular weight excluding hydrogens is 374 g/mol. The molecule has 1 unspecified atom stereocenters. The van der Waals surface area contributed by atoms with E-state index < -0.39 is 0 Å². The summed E-state index contributed by atoms with van der Waals surface area (Å²) in [7, 11) is 0. The molecule has 0 saturated carbocycles. The van der Waals surface area contributed by atoms with Gasteiger partial charge in [0, 0.05) is 23.2 Å². The van der Waals surface area contributed by atoms with E-state index in [-0.39, 0.29) is 29.5 Å². The van der Waals surface area contributed by atoms with E-state index in [1.165, 1.54) is 18.7 Å². The summed E-state index contributed by atoms with van der Waals surface area (Å²) in [5, 5.41) is 7.85. The summed E-state index contributed by atoms with van der Waals surface area (Å²) < 4.78 is 0. The summed E-state index contributed by atoms with van der Waals surface area (Å²) in [5.41, 5.74) is 3.44.